The van der Waals surface area contributed by atoms with Gasteiger partial charge in [-0.2, -0.15) is 0 Å². The van der Waals surface area contributed by atoms with E-state index in [4.69, 9.17) is 14.2 Å². The molecule has 4 rings (SSSR count). The van der Waals surface area contributed by atoms with Gasteiger partial charge >= 0.3 is 0 Å². The van der Waals surface area contributed by atoms with Gasteiger partial charge in [-0.25, -0.2) is 0 Å². The summed E-state index contributed by atoms with van der Waals surface area (Å²) in [4.78, 5) is 2.24. The van der Waals surface area contributed by atoms with Gasteiger partial charge in [-0.05, 0) is 23.2 Å². The summed E-state index contributed by atoms with van der Waals surface area (Å²) in [6, 6.07) is 30.3. The fraction of sp³-hybridized carbons (Fsp3) is 0.379. The fourth-order valence-corrected chi connectivity index (χ4v) is 4.51. The van der Waals surface area contributed by atoms with Crippen LogP contribution >= 0.6 is 0 Å². The standard InChI is InChI=1S/C29H35NO4/c1-2-30-18-27(31)29(34-21-25-16-10-5-11-17-25)28(33-20-24-14-8-4-9-15-24)26(30)22-32-19-23-12-6-3-7-13-23/h3-17,26-29,31H,2,18-22H2,1H3/t26?,27?,28-,29?/m1/s1. The molecule has 1 fully saturated rings. The maximum atomic E-state index is 11.0. The van der Waals surface area contributed by atoms with Crippen LogP contribution in [0.15, 0.2) is 91.0 Å². The first kappa shape index (κ1) is 24.6. The Morgan fingerprint density at radius 1 is 0.706 bits per heavy atom. The Morgan fingerprint density at radius 2 is 1.18 bits per heavy atom. The van der Waals surface area contributed by atoms with Crippen molar-refractivity contribution in [1.82, 2.24) is 4.90 Å². The Morgan fingerprint density at radius 3 is 1.68 bits per heavy atom. The number of aliphatic hydroxyl groups is 1. The lowest BCUT2D eigenvalue weighted by molar-refractivity contribution is -0.196. The number of piperidine rings is 1. The van der Waals surface area contributed by atoms with Crippen LogP contribution in [0.2, 0.25) is 0 Å². The van der Waals surface area contributed by atoms with Crippen LogP contribution in [0.1, 0.15) is 23.6 Å². The van der Waals surface area contributed by atoms with E-state index >= 15 is 0 Å². The van der Waals surface area contributed by atoms with Crippen molar-refractivity contribution in [3.05, 3.63) is 108 Å². The van der Waals surface area contributed by atoms with E-state index in [1.807, 2.05) is 66.7 Å². The average molecular weight is 462 g/mol. The van der Waals surface area contributed by atoms with Crippen molar-refractivity contribution in [3.63, 3.8) is 0 Å². The van der Waals surface area contributed by atoms with Crippen LogP contribution in [0.3, 0.4) is 0 Å². The topological polar surface area (TPSA) is 51.2 Å². The van der Waals surface area contributed by atoms with Crippen molar-refractivity contribution in [2.75, 3.05) is 19.7 Å². The van der Waals surface area contributed by atoms with Gasteiger partial charge in [0.2, 0.25) is 0 Å². The van der Waals surface area contributed by atoms with E-state index in [0.29, 0.717) is 33.0 Å². The number of likely N-dealkylation sites (N-methyl/N-ethyl adjacent to an activating group) is 1. The molecule has 3 aromatic carbocycles. The van der Waals surface area contributed by atoms with Gasteiger partial charge in [-0.15, -0.1) is 0 Å². The lowest BCUT2D eigenvalue weighted by Gasteiger charge is -2.46. The number of benzene rings is 3. The highest BCUT2D eigenvalue weighted by atomic mass is 16.6. The number of hydrogen-bond donors (Lipinski definition) is 1. The summed E-state index contributed by atoms with van der Waals surface area (Å²) < 4.78 is 19.0. The number of β-amino-alcohol motifs (C(OH)–C–C–N with tert-alkyl or cyclic N) is 1. The van der Waals surface area contributed by atoms with Gasteiger partial charge in [0.1, 0.15) is 12.2 Å². The zero-order valence-corrected chi connectivity index (χ0v) is 19.8. The van der Waals surface area contributed by atoms with Crippen LogP contribution in [0.5, 0.6) is 0 Å². The minimum Gasteiger partial charge on any atom is -0.389 e. The molecule has 0 aromatic heterocycles. The van der Waals surface area contributed by atoms with Crippen LogP contribution in [0.4, 0.5) is 0 Å². The molecule has 5 nitrogen and oxygen atoms in total. The molecule has 1 saturated heterocycles. The number of aliphatic hydroxyl groups excluding tert-OH is 1. The van der Waals surface area contributed by atoms with Gasteiger partial charge in [-0.3, -0.25) is 4.90 Å². The Hall–Kier alpha value is -2.54. The van der Waals surface area contributed by atoms with Crippen molar-refractivity contribution < 1.29 is 19.3 Å². The summed E-state index contributed by atoms with van der Waals surface area (Å²) in [6.45, 7) is 5.36. The Bertz CT molecular complexity index is 954. The summed E-state index contributed by atoms with van der Waals surface area (Å²) in [5.74, 6) is 0. The summed E-state index contributed by atoms with van der Waals surface area (Å²) in [5.41, 5.74) is 3.31. The van der Waals surface area contributed by atoms with Crippen molar-refractivity contribution in [3.8, 4) is 0 Å². The Kier molecular flexibility index (Phi) is 9.25. The molecule has 1 aliphatic heterocycles. The largest absolute Gasteiger partial charge is 0.389 e. The molecule has 5 heteroatoms. The third-order valence-electron chi connectivity index (χ3n) is 6.35. The zero-order chi connectivity index (χ0) is 23.6. The monoisotopic (exact) mass is 461 g/mol. The number of hydrogen-bond acceptors (Lipinski definition) is 5. The molecule has 3 unspecified atom stereocenters. The van der Waals surface area contributed by atoms with Crippen LogP contribution in [0, 0.1) is 0 Å². The highest BCUT2D eigenvalue weighted by Crippen LogP contribution is 2.27. The SMILES string of the molecule is CCN1CC(O)C(OCc2ccccc2)[C@H](OCc2ccccc2)C1COCc1ccccc1. The molecule has 0 radical (unpaired) electrons. The van der Waals surface area contributed by atoms with Crippen molar-refractivity contribution in [2.24, 2.45) is 0 Å². The van der Waals surface area contributed by atoms with Gasteiger partial charge in [0, 0.05) is 6.54 Å². The third kappa shape index (κ3) is 6.75. The van der Waals surface area contributed by atoms with Crippen molar-refractivity contribution in [1.29, 1.82) is 0 Å². The average Bonchev–Trinajstić information content (AvgIpc) is 2.89. The van der Waals surface area contributed by atoms with Gasteiger partial charge in [0.25, 0.3) is 0 Å². The van der Waals surface area contributed by atoms with E-state index < -0.39 is 12.2 Å². The molecular formula is C29H35NO4. The second kappa shape index (κ2) is 12.8. The van der Waals surface area contributed by atoms with E-state index in [9.17, 15) is 5.11 Å². The molecule has 0 saturated carbocycles. The highest BCUT2D eigenvalue weighted by molar-refractivity contribution is 5.15. The number of likely N-dealkylation sites (tertiary alicyclic amines) is 1. The zero-order valence-electron chi connectivity index (χ0n) is 19.8. The molecule has 4 atom stereocenters. The van der Waals surface area contributed by atoms with Gasteiger partial charge in [0.15, 0.2) is 0 Å². The Balaban J connectivity index is 1.49. The van der Waals surface area contributed by atoms with Gasteiger partial charge in [-0.1, -0.05) is 97.9 Å². The molecule has 0 spiro atoms. The van der Waals surface area contributed by atoms with Gasteiger partial charge in [0.05, 0.1) is 38.6 Å². The summed E-state index contributed by atoms with van der Waals surface area (Å²) in [5, 5.41) is 11.0. The number of nitrogens with zero attached hydrogens (tertiary/aromatic N) is 1. The molecule has 3 aromatic rings. The second-order valence-corrected chi connectivity index (χ2v) is 8.75. The van der Waals surface area contributed by atoms with Gasteiger partial charge < -0.3 is 19.3 Å². The van der Waals surface area contributed by atoms with Crippen molar-refractivity contribution >= 4 is 0 Å². The summed E-state index contributed by atoms with van der Waals surface area (Å²) in [7, 11) is 0. The predicted octanol–water partition coefficient (Wildman–Crippen LogP) is 4.44. The van der Waals surface area contributed by atoms with E-state index in [-0.39, 0.29) is 12.1 Å². The molecule has 34 heavy (non-hydrogen) atoms. The van der Waals surface area contributed by atoms with E-state index in [0.717, 1.165) is 23.2 Å². The minimum absolute atomic E-state index is 0.0263. The quantitative estimate of drug-likeness (QED) is 0.458. The fourth-order valence-electron chi connectivity index (χ4n) is 4.51. The van der Waals surface area contributed by atoms with Crippen LogP contribution < -0.4 is 0 Å². The molecule has 1 heterocycles. The van der Waals surface area contributed by atoms with Crippen molar-refractivity contribution in [2.45, 2.75) is 51.1 Å². The van der Waals surface area contributed by atoms with E-state index in [1.165, 1.54) is 0 Å². The number of ether oxygens (including phenoxy) is 3. The molecular weight excluding hydrogens is 426 g/mol. The normalized spacial score (nSPS) is 23.1. The maximum absolute atomic E-state index is 11.0. The van der Waals surface area contributed by atoms with Crippen LogP contribution in [0.25, 0.3) is 0 Å². The molecule has 1 N–H and O–H groups in total. The molecule has 0 bridgehead atoms. The summed E-state index contributed by atoms with van der Waals surface area (Å²) in [6.07, 6.45) is -1.42. The molecule has 0 aliphatic carbocycles. The lowest BCUT2D eigenvalue weighted by atomic mass is 9.93. The number of rotatable bonds is 11. The minimum atomic E-state index is -0.644. The first-order valence-corrected chi connectivity index (χ1v) is 12.1. The molecule has 0 amide bonds. The van der Waals surface area contributed by atoms with Crippen LogP contribution in [-0.4, -0.2) is 54.1 Å². The highest BCUT2D eigenvalue weighted by Gasteiger charge is 2.44. The second-order valence-electron chi connectivity index (χ2n) is 8.75. The summed E-state index contributed by atoms with van der Waals surface area (Å²) >= 11 is 0. The first-order valence-electron chi connectivity index (χ1n) is 12.1. The van der Waals surface area contributed by atoms with Crippen LogP contribution in [-0.2, 0) is 34.0 Å². The smallest absolute Gasteiger partial charge is 0.113 e. The predicted molar refractivity (Wildman–Crippen MR) is 133 cm³/mol. The van der Waals surface area contributed by atoms with E-state index in [1.54, 1.807) is 0 Å². The lowest BCUT2D eigenvalue weighted by Crippen LogP contribution is -2.64. The van der Waals surface area contributed by atoms with E-state index in [2.05, 4.69) is 36.1 Å². The first-order chi connectivity index (χ1) is 16.7. The Labute approximate surface area is 202 Å². The maximum Gasteiger partial charge on any atom is 0.113 e. The molecule has 180 valence electrons. The third-order valence-corrected chi connectivity index (χ3v) is 6.35. The molecule has 1 aliphatic rings.